The molecule has 6 heteroatoms. The molecule has 0 bridgehead atoms. The minimum Gasteiger partial charge on any atom is -0.295 e. The van der Waals surface area contributed by atoms with Gasteiger partial charge in [0.05, 0.1) is 17.3 Å². The maximum absolute atomic E-state index is 13.7. The average Bonchev–Trinajstić information content (AvgIpc) is 3.31. The fourth-order valence-electron chi connectivity index (χ4n) is 4.59. The number of amides is 1. The van der Waals surface area contributed by atoms with Crippen LogP contribution >= 0.6 is 0 Å². The van der Waals surface area contributed by atoms with Crippen molar-refractivity contribution in [2.24, 2.45) is 11.0 Å². The number of aryl methyl sites for hydroxylation is 1. The summed E-state index contributed by atoms with van der Waals surface area (Å²) in [6, 6.07) is 28.6. The first kappa shape index (κ1) is 20.7. The highest BCUT2D eigenvalue weighted by molar-refractivity contribution is 6.15. The molecule has 5 rings (SSSR count). The van der Waals surface area contributed by atoms with Crippen LogP contribution in [0.15, 0.2) is 101 Å². The predicted molar refractivity (Wildman–Crippen MR) is 130 cm³/mol. The lowest BCUT2D eigenvalue weighted by Gasteiger charge is -2.23. The van der Waals surface area contributed by atoms with Crippen LogP contribution in [-0.4, -0.2) is 21.4 Å². The molecular weight excluding hydrogens is 412 g/mol. The molecule has 2 heterocycles. The minimum atomic E-state index is -0.584. The molecule has 1 N–H and O–H groups in total. The molecule has 0 saturated heterocycles. The molecule has 1 aromatic heterocycles. The van der Waals surface area contributed by atoms with Crippen molar-refractivity contribution in [2.45, 2.75) is 19.8 Å². The highest BCUT2D eigenvalue weighted by Gasteiger charge is 2.43. The predicted octanol–water partition coefficient (Wildman–Crippen LogP) is 4.64. The smallest absolute Gasteiger partial charge is 0.275 e. The third-order valence-electron chi connectivity index (χ3n) is 6.12. The molecule has 0 saturated carbocycles. The highest BCUT2D eigenvalue weighted by atomic mass is 16.2. The number of para-hydroxylation sites is 2. The fourth-order valence-corrected chi connectivity index (χ4v) is 4.59. The van der Waals surface area contributed by atoms with Gasteiger partial charge in [-0.2, -0.15) is 5.10 Å². The lowest BCUT2D eigenvalue weighted by atomic mass is 9.78. The number of anilines is 1. The van der Waals surface area contributed by atoms with Gasteiger partial charge in [-0.05, 0) is 43.7 Å². The van der Waals surface area contributed by atoms with E-state index in [-0.39, 0.29) is 11.5 Å². The first-order chi connectivity index (χ1) is 16.1. The van der Waals surface area contributed by atoms with Gasteiger partial charge in [-0.1, -0.05) is 66.7 Å². The summed E-state index contributed by atoms with van der Waals surface area (Å²) >= 11 is 0. The zero-order valence-electron chi connectivity index (χ0n) is 18.5. The molecule has 4 aromatic rings. The second kappa shape index (κ2) is 8.39. The van der Waals surface area contributed by atoms with Gasteiger partial charge in [0.1, 0.15) is 0 Å². The van der Waals surface area contributed by atoms with E-state index >= 15 is 0 Å². The standard InChI is InChI=1S/C27H24N4O2/c1-18-23(26(32)30(28-18)21-14-8-4-9-15-21)25(20-12-6-3-7-13-20)24-19(2)29-31(27(24)33)22-16-10-5-11-17-22/h3-17,23,25,29H,1-2H3/t23-,25-/m1/s1. The number of hydrogen-bond donors (Lipinski definition) is 1. The largest absolute Gasteiger partial charge is 0.295 e. The van der Waals surface area contributed by atoms with Gasteiger partial charge in [0.15, 0.2) is 0 Å². The Kier molecular flexibility index (Phi) is 5.26. The molecular formula is C27H24N4O2. The van der Waals surface area contributed by atoms with Gasteiger partial charge >= 0.3 is 0 Å². The van der Waals surface area contributed by atoms with E-state index in [0.717, 1.165) is 16.9 Å². The normalized spacial score (nSPS) is 16.7. The zero-order valence-corrected chi connectivity index (χ0v) is 18.5. The number of H-pyrrole nitrogens is 1. The highest BCUT2D eigenvalue weighted by Crippen LogP contribution is 2.38. The van der Waals surface area contributed by atoms with Crippen LogP contribution in [0.1, 0.15) is 29.7 Å². The Bertz CT molecular complexity index is 1370. The molecule has 0 spiro atoms. The molecule has 3 aromatic carbocycles. The first-order valence-corrected chi connectivity index (χ1v) is 10.9. The summed E-state index contributed by atoms with van der Waals surface area (Å²) in [6.45, 7) is 3.74. The summed E-state index contributed by atoms with van der Waals surface area (Å²) in [5.74, 6) is -1.19. The van der Waals surface area contributed by atoms with E-state index in [1.807, 2.05) is 105 Å². The molecule has 1 aliphatic heterocycles. The number of hydrogen-bond acceptors (Lipinski definition) is 3. The number of aromatic nitrogens is 2. The van der Waals surface area contributed by atoms with Crippen molar-refractivity contribution in [1.82, 2.24) is 9.78 Å². The number of rotatable bonds is 5. The van der Waals surface area contributed by atoms with Gasteiger partial charge in [0, 0.05) is 22.9 Å². The number of benzene rings is 3. The number of hydrazone groups is 1. The third-order valence-corrected chi connectivity index (χ3v) is 6.12. The Balaban J connectivity index is 1.66. The Labute approximate surface area is 191 Å². The van der Waals surface area contributed by atoms with Crippen LogP contribution in [0.5, 0.6) is 0 Å². The molecule has 2 atom stereocenters. The minimum absolute atomic E-state index is 0.140. The van der Waals surface area contributed by atoms with Crippen LogP contribution in [-0.2, 0) is 4.79 Å². The van der Waals surface area contributed by atoms with Crippen molar-refractivity contribution >= 4 is 17.3 Å². The quantitative estimate of drug-likeness (QED) is 0.495. The lowest BCUT2D eigenvalue weighted by molar-refractivity contribution is -0.120. The molecule has 0 radical (unpaired) electrons. The summed E-state index contributed by atoms with van der Waals surface area (Å²) in [5, 5.41) is 9.27. The van der Waals surface area contributed by atoms with Crippen molar-refractivity contribution in [2.75, 3.05) is 5.01 Å². The maximum atomic E-state index is 13.7. The molecule has 1 aliphatic rings. The zero-order chi connectivity index (χ0) is 22.9. The first-order valence-electron chi connectivity index (χ1n) is 10.9. The second-order valence-electron chi connectivity index (χ2n) is 8.22. The fraction of sp³-hybridized carbons (Fsp3) is 0.148. The number of aromatic amines is 1. The van der Waals surface area contributed by atoms with Crippen LogP contribution in [0.25, 0.3) is 5.69 Å². The van der Waals surface area contributed by atoms with Crippen molar-refractivity contribution in [3.05, 3.63) is 118 Å². The SMILES string of the molecule is CC1=NN(c2ccccc2)C(=O)[C@H]1[C@@H](c1ccccc1)c1c(C)[nH]n(-c2ccccc2)c1=O. The van der Waals surface area contributed by atoms with Gasteiger partial charge < -0.3 is 0 Å². The van der Waals surface area contributed by atoms with Gasteiger partial charge in [0.25, 0.3) is 11.5 Å². The molecule has 164 valence electrons. The summed E-state index contributed by atoms with van der Waals surface area (Å²) in [7, 11) is 0. The van der Waals surface area contributed by atoms with Crippen LogP contribution < -0.4 is 10.6 Å². The Hall–Kier alpha value is -4.19. The monoisotopic (exact) mass is 436 g/mol. The number of carbonyl (C=O) groups excluding carboxylic acids is 1. The Morgan fingerprint density at radius 2 is 1.33 bits per heavy atom. The van der Waals surface area contributed by atoms with Crippen molar-refractivity contribution in [3.8, 4) is 5.69 Å². The molecule has 0 aliphatic carbocycles. The molecule has 0 unspecified atom stereocenters. The van der Waals surface area contributed by atoms with E-state index in [1.165, 1.54) is 5.01 Å². The van der Waals surface area contributed by atoms with Gasteiger partial charge in [-0.25, -0.2) is 9.69 Å². The van der Waals surface area contributed by atoms with Crippen LogP contribution in [0.4, 0.5) is 5.69 Å². The molecule has 6 nitrogen and oxygen atoms in total. The topological polar surface area (TPSA) is 70.5 Å². The molecule has 1 amide bonds. The molecule has 33 heavy (non-hydrogen) atoms. The number of nitrogens with zero attached hydrogens (tertiary/aromatic N) is 3. The van der Waals surface area contributed by atoms with Gasteiger partial charge in [-0.3, -0.25) is 14.7 Å². The summed E-state index contributed by atoms with van der Waals surface area (Å²) in [4.78, 5) is 27.4. The Morgan fingerprint density at radius 3 is 1.94 bits per heavy atom. The third kappa shape index (κ3) is 3.59. The maximum Gasteiger partial charge on any atom is 0.275 e. The summed E-state index contributed by atoms with van der Waals surface area (Å²) in [6.07, 6.45) is 0. The molecule has 0 fully saturated rings. The van der Waals surface area contributed by atoms with Crippen LogP contribution in [0.3, 0.4) is 0 Å². The van der Waals surface area contributed by atoms with E-state index in [9.17, 15) is 9.59 Å². The van der Waals surface area contributed by atoms with Gasteiger partial charge in [0.2, 0.25) is 0 Å². The van der Waals surface area contributed by atoms with E-state index in [1.54, 1.807) is 4.68 Å². The van der Waals surface area contributed by atoms with Crippen molar-refractivity contribution in [1.29, 1.82) is 0 Å². The average molecular weight is 437 g/mol. The van der Waals surface area contributed by atoms with Crippen LogP contribution in [0, 0.1) is 12.8 Å². The number of carbonyl (C=O) groups is 1. The Morgan fingerprint density at radius 1 is 0.788 bits per heavy atom. The van der Waals surface area contributed by atoms with E-state index < -0.39 is 11.8 Å². The second-order valence-corrected chi connectivity index (χ2v) is 8.22. The van der Waals surface area contributed by atoms with E-state index in [2.05, 4.69) is 10.2 Å². The van der Waals surface area contributed by atoms with Crippen LogP contribution in [0.2, 0.25) is 0 Å². The van der Waals surface area contributed by atoms with Crippen molar-refractivity contribution < 1.29 is 4.79 Å². The van der Waals surface area contributed by atoms with Crippen molar-refractivity contribution in [3.63, 3.8) is 0 Å². The van der Waals surface area contributed by atoms with E-state index in [0.29, 0.717) is 17.0 Å². The summed E-state index contributed by atoms with van der Waals surface area (Å²) in [5.41, 5.74) is 4.20. The number of nitrogens with one attached hydrogen (secondary N) is 1. The lowest BCUT2D eigenvalue weighted by Crippen LogP contribution is -2.34. The van der Waals surface area contributed by atoms with E-state index in [4.69, 9.17) is 0 Å². The summed E-state index contributed by atoms with van der Waals surface area (Å²) < 4.78 is 1.54. The van der Waals surface area contributed by atoms with Gasteiger partial charge in [-0.15, -0.1) is 0 Å².